The first-order valence-corrected chi connectivity index (χ1v) is 4.66. The first-order valence-electron chi connectivity index (χ1n) is 3.87. The molecule has 0 N–H and O–H groups in total. The quantitative estimate of drug-likeness (QED) is 0.762. The van der Waals surface area contributed by atoms with Crippen LogP contribution in [0.5, 0.6) is 0 Å². The van der Waals surface area contributed by atoms with Crippen molar-refractivity contribution in [1.82, 2.24) is 14.8 Å². The molecule has 2 heterocycles. The van der Waals surface area contributed by atoms with Gasteiger partial charge in [0.15, 0.2) is 0 Å². The standard InChI is InChI=1S/C9H8BrN3/c1-13-9(3-5-12-13)7-2-4-11-6-8(7)10/h2-6H,1H3. The Balaban J connectivity index is 2.59. The molecule has 0 fully saturated rings. The van der Waals surface area contributed by atoms with Gasteiger partial charge in [0.05, 0.1) is 5.69 Å². The molecule has 4 heteroatoms. The minimum absolute atomic E-state index is 0.985. The summed E-state index contributed by atoms with van der Waals surface area (Å²) in [5.74, 6) is 0. The molecule has 2 rings (SSSR count). The van der Waals surface area contributed by atoms with Crippen molar-refractivity contribution in [1.29, 1.82) is 0 Å². The maximum Gasteiger partial charge on any atom is 0.0691 e. The lowest BCUT2D eigenvalue weighted by molar-refractivity contribution is 0.775. The summed E-state index contributed by atoms with van der Waals surface area (Å²) in [7, 11) is 1.92. The van der Waals surface area contributed by atoms with Crippen LogP contribution in [0.3, 0.4) is 0 Å². The molecule has 0 unspecified atom stereocenters. The Morgan fingerprint density at radius 3 is 2.77 bits per heavy atom. The summed E-state index contributed by atoms with van der Waals surface area (Å²) in [6.07, 6.45) is 5.33. The number of rotatable bonds is 1. The van der Waals surface area contributed by atoms with Crippen LogP contribution < -0.4 is 0 Å². The van der Waals surface area contributed by atoms with Crippen LogP contribution >= 0.6 is 15.9 Å². The van der Waals surface area contributed by atoms with Crippen molar-refractivity contribution < 1.29 is 0 Å². The second kappa shape index (κ2) is 3.30. The SMILES string of the molecule is Cn1nccc1-c1ccncc1Br. The van der Waals surface area contributed by atoms with E-state index in [1.165, 1.54) is 0 Å². The molecule has 0 radical (unpaired) electrons. The summed E-state index contributed by atoms with van der Waals surface area (Å²) in [5, 5.41) is 4.11. The molecule has 0 aromatic carbocycles. The summed E-state index contributed by atoms with van der Waals surface area (Å²) < 4.78 is 2.82. The molecule has 0 aliphatic heterocycles. The predicted molar refractivity (Wildman–Crippen MR) is 54.1 cm³/mol. The number of aromatic nitrogens is 3. The molecule has 0 amide bonds. The molecular formula is C9H8BrN3. The summed E-state index contributed by atoms with van der Waals surface area (Å²) in [6.45, 7) is 0. The van der Waals surface area contributed by atoms with Crippen molar-refractivity contribution in [2.24, 2.45) is 7.05 Å². The van der Waals surface area contributed by atoms with Gasteiger partial charge in [-0.05, 0) is 28.1 Å². The number of pyridine rings is 1. The van der Waals surface area contributed by atoms with Gasteiger partial charge in [-0.1, -0.05) is 0 Å². The minimum Gasteiger partial charge on any atom is -0.268 e. The van der Waals surface area contributed by atoms with Crippen LogP contribution in [-0.4, -0.2) is 14.8 Å². The number of nitrogens with zero attached hydrogens (tertiary/aromatic N) is 3. The molecule has 3 nitrogen and oxygen atoms in total. The van der Waals surface area contributed by atoms with Crippen LogP contribution in [0.25, 0.3) is 11.3 Å². The van der Waals surface area contributed by atoms with Crippen molar-refractivity contribution >= 4 is 15.9 Å². The number of hydrogen-bond acceptors (Lipinski definition) is 2. The van der Waals surface area contributed by atoms with Crippen molar-refractivity contribution in [3.8, 4) is 11.3 Å². The van der Waals surface area contributed by atoms with E-state index in [2.05, 4.69) is 26.0 Å². The average molecular weight is 238 g/mol. The van der Waals surface area contributed by atoms with E-state index < -0.39 is 0 Å². The van der Waals surface area contributed by atoms with E-state index in [4.69, 9.17) is 0 Å². The lowest BCUT2D eigenvalue weighted by atomic mass is 10.2. The third kappa shape index (κ3) is 1.49. The highest BCUT2D eigenvalue weighted by Crippen LogP contribution is 2.25. The van der Waals surface area contributed by atoms with Crippen LogP contribution in [-0.2, 0) is 7.05 Å². The van der Waals surface area contributed by atoms with E-state index >= 15 is 0 Å². The zero-order chi connectivity index (χ0) is 9.26. The molecule has 13 heavy (non-hydrogen) atoms. The van der Waals surface area contributed by atoms with E-state index in [0.717, 1.165) is 15.7 Å². The molecule has 2 aromatic heterocycles. The van der Waals surface area contributed by atoms with Gasteiger partial charge in [0.2, 0.25) is 0 Å². The lowest BCUT2D eigenvalue weighted by Crippen LogP contribution is -1.93. The summed E-state index contributed by atoms with van der Waals surface area (Å²) >= 11 is 3.45. The van der Waals surface area contributed by atoms with E-state index in [1.54, 1.807) is 18.6 Å². The topological polar surface area (TPSA) is 30.7 Å². The van der Waals surface area contributed by atoms with Crippen LogP contribution in [0.1, 0.15) is 0 Å². The van der Waals surface area contributed by atoms with Crippen molar-refractivity contribution in [3.05, 3.63) is 35.2 Å². The first-order chi connectivity index (χ1) is 6.29. The summed E-state index contributed by atoms with van der Waals surface area (Å²) in [5.41, 5.74) is 2.18. The van der Waals surface area contributed by atoms with Gasteiger partial charge in [-0.15, -0.1) is 0 Å². The predicted octanol–water partition coefficient (Wildman–Crippen LogP) is 2.24. The summed E-state index contributed by atoms with van der Waals surface area (Å²) in [4.78, 5) is 4.01. The van der Waals surface area contributed by atoms with Gasteiger partial charge in [0, 0.05) is 35.7 Å². The third-order valence-electron chi connectivity index (χ3n) is 1.87. The van der Waals surface area contributed by atoms with Crippen LogP contribution in [0, 0.1) is 0 Å². The first kappa shape index (κ1) is 8.44. The van der Waals surface area contributed by atoms with E-state index in [9.17, 15) is 0 Å². The van der Waals surface area contributed by atoms with E-state index in [1.807, 2.05) is 23.9 Å². The van der Waals surface area contributed by atoms with Crippen LogP contribution in [0.15, 0.2) is 35.2 Å². The second-order valence-corrected chi connectivity index (χ2v) is 3.55. The number of aryl methyl sites for hydroxylation is 1. The molecule has 0 aliphatic carbocycles. The highest BCUT2D eigenvalue weighted by molar-refractivity contribution is 9.10. The van der Waals surface area contributed by atoms with Gasteiger partial charge in [-0.25, -0.2) is 0 Å². The normalized spacial score (nSPS) is 10.3. The third-order valence-corrected chi connectivity index (χ3v) is 2.50. The Kier molecular flexibility index (Phi) is 2.14. The molecule has 0 atom stereocenters. The highest BCUT2D eigenvalue weighted by Gasteiger charge is 2.05. The van der Waals surface area contributed by atoms with Gasteiger partial charge in [-0.3, -0.25) is 9.67 Å². The Morgan fingerprint density at radius 1 is 1.31 bits per heavy atom. The Bertz CT molecular complexity index is 422. The van der Waals surface area contributed by atoms with Crippen molar-refractivity contribution in [2.45, 2.75) is 0 Å². The van der Waals surface area contributed by atoms with Gasteiger partial charge in [0.25, 0.3) is 0 Å². The lowest BCUT2D eigenvalue weighted by Gasteiger charge is -2.03. The van der Waals surface area contributed by atoms with Gasteiger partial charge in [0.1, 0.15) is 0 Å². The fourth-order valence-electron chi connectivity index (χ4n) is 1.22. The smallest absolute Gasteiger partial charge is 0.0691 e. The molecule has 0 saturated heterocycles. The molecule has 0 saturated carbocycles. The fourth-order valence-corrected chi connectivity index (χ4v) is 1.67. The molecule has 2 aromatic rings. The van der Waals surface area contributed by atoms with Crippen molar-refractivity contribution in [2.75, 3.05) is 0 Å². The maximum absolute atomic E-state index is 4.11. The molecule has 0 bridgehead atoms. The zero-order valence-electron chi connectivity index (χ0n) is 7.11. The van der Waals surface area contributed by atoms with E-state index in [-0.39, 0.29) is 0 Å². The number of hydrogen-bond donors (Lipinski definition) is 0. The van der Waals surface area contributed by atoms with Gasteiger partial charge >= 0.3 is 0 Å². The monoisotopic (exact) mass is 237 g/mol. The Hall–Kier alpha value is -1.16. The zero-order valence-corrected chi connectivity index (χ0v) is 8.69. The molecular weight excluding hydrogens is 230 g/mol. The minimum atomic E-state index is 0.985. The van der Waals surface area contributed by atoms with Crippen LogP contribution in [0.2, 0.25) is 0 Å². The van der Waals surface area contributed by atoms with Gasteiger partial charge < -0.3 is 0 Å². The molecule has 66 valence electrons. The average Bonchev–Trinajstić information content (AvgIpc) is 2.52. The van der Waals surface area contributed by atoms with Crippen LogP contribution in [0.4, 0.5) is 0 Å². The molecule has 0 spiro atoms. The largest absolute Gasteiger partial charge is 0.268 e. The Morgan fingerprint density at radius 2 is 2.15 bits per heavy atom. The Labute approximate surface area is 84.5 Å². The maximum atomic E-state index is 4.11. The summed E-state index contributed by atoms with van der Waals surface area (Å²) in [6, 6.07) is 3.93. The van der Waals surface area contributed by atoms with E-state index in [0.29, 0.717) is 0 Å². The fraction of sp³-hybridized carbons (Fsp3) is 0.111. The second-order valence-electron chi connectivity index (χ2n) is 2.70. The van der Waals surface area contributed by atoms with Gasteiger partial charge in [-0.2, -0.15) is 5.10 Å². The molecule has 0 aliphatic rings. The highest BCUT2D eigenvalue weighted by atomic mass is 79.9. The number of halogens is 1. The van der Waals surface area contributed by atoms with Crippen molar-refractivity contribution in [3.63, 3.8) is 0 Å².